The van der Waals surface area contributed by atoms with Crippen molar-refractivity contribution < 1.29 is 14.6 Å². The average molecular weight is 258 g/mol. The minimum Gasteiger partial charge on any atom is -0.496 e. The fraction of sp³-hybridized carbons (Fsp3) is 0.417. The van der Waals surface area contributed by atoms with E-state index < -0.39 is 17.9 Å². The second-order valence-corrected chi connectivity index (χ2v) is 4.20. The van der Waals surface area contributed by atoms with E-state index in [4.69, 9.17) is 27.2 Å². The summed E-state index contributed by atoms with van der Waals surface area (Å²) in [4.78, 5) is 11.1. The minimum atomic E-state index is -0.915. The first kappa shape index (κ1) is 13.8. The van der Waals surface area contributed by atoms with Gasteiger partial charge in [0.05, 0.1) is 13.0 Å². The van der Waals surface area contributed by atoms with E-state index in [2.05, 4.69) is 0 Å². The van der Waals surface area contributed by atoms with Crippen LogP contribution in [0, 0.1) is 5.92 Å². The third-order valence-corrected chi connectivity index (χ3v) is 2.98. The zero-order valence-electron chi connectivity index (χ0n) is 9.81. The largest absolute Gasteiger partial charge is 0.496 e. The lowest BCUT2D eigenvalue weighted by Gasteiger charge is -2.21. The van der Waals surface area contributed by atoms with E-state index in [0.29, 0.717) is 22.8 Å². The Balaban J connectivity index is 3.13. The second-order valence-electron chi connectivity index (χ2n) is 3.77. The molecule has 94 valence electrons. The van der Waals surface area contributed by atoms with Crippen LogP contribution in [0.4, 0.5) is 0 Å². The van der Waals surface area contributed by atoms with Gasteiger partial charge in [0.15, 0.2) is 0 Å². The molecule has 1 aromatic carbocycles. The summed E-state index contributed by atoms with van der Waals surface area (Å²) in [6.45, 7) is 1.79. The molecule has 0 saturated heterocycles. The molecule has 0 amide bonds. The van der Waals surface area contributed by atoms with Gasteiger partial charge in [-0.3, -0.25) is 4.79 Å². The third-order valence-electron chi connectivity index (χ3n) is 2.74. The summed E-state index contributed by atoms with van der Waals surface area (Å²) in [5.74, 6) is -1.01. The standard InChI is InChI=1S/C12H16ClNO3/c1-3-8(12(15)16)11(14)9-6-7(13)4-5-10(9)17-2/h4-6,8,11H,3,14H2,1-2H3,(H,15,16). The molecule has 0 spiro atoms. The van der Waals surface area contributed by atoms with Gasteiger partial charge in [-0.05, 0) is 24.6 Å². The van der Waals surface area contributed by atoms with Gasteiger partial charge in [0, 0.05) is 16.6 Å². The number of nitrogens with two attached hydrogens (primary N) is 1. The number of hydrogen-bond acceptors (Lipinski definition) is 3. The predicted molar refractivity (Wildman–Crippen MR) is 66.3 cm³/mol. The maximum atomic E-state index is 11.1. The SMILES string of the molecule is CCC(C(=O)O)C(N)c1cc(Cl)ccc1OC. The molecular weight excluding hydrogens is 242 g/mol. The number of carboxylic acids is 1. The summed E-state index contributed by atoms with van der Waals surface area (Å²) in [6, 6.07) is 4.38. The molecule has 0 saturated carbocycles. The summed E-state index contributed by atoms with van der Waals surface area (Å²) in [7, 11) is 1.52. The maximum absolute atomic E-state index is 11.1. The maximum Gasteiger partial charge on any atom is 0.308 e. The van der Waals surface area contributed by atoms with E-state index in [9.17, 15) is 4.79 Å². The molecule has 0 heterocycles. The van der Waals surface area contributed by atoms with Gasteiger partial charge in [-0.2, -0.15) is 0 Å². The average Bonchev–Trinajstić information content (AvgIpc) is 2.29. The molecule has 0 aliphatic carbocycles. The Bertz CT molecular complexity index is 409. The van der Waals surface area contributed by atoms with Crippen molar-refractivity contribution in [2.45, 2.75) is 19.4 Å². The van der Waals surface area contributed by atoms with Crippen LogP contribution in [0.15, 0.2) is 18.2 Å². The summed E-state index contributed by atoms with van der Waals surface area (Å²) < 4.78 is 5.16. The highest BCUT2D eigenvalue weighted by Crippen LogP contribution is 2.32. The number of rotatable bonds is 5. The summed E-state index contributed by atoms with van der Waals surface area (Å²) in [5.41, 5.74) is 6.60. The first-order chi connectivity index (χ1) is 8.01. The smallest absolute Gasteiger partial charge is 0.308 e. The molecule has 4 nitrogen and oxygen atoms in total. The zero-order chi connectivity index (χ0) is 13.0. The molecule has 0 aliphatic rings. The molecule has 2 atom stereocenters. The van der Waals surface area contributed by atoms with Gasteiger partial charge in [0.2, 0.25) is 0 Å². The first-order valence-electron chi connectivity index (χ1n) is 5.33. The number of benzene rings is 1. The summed E-state index contributed by atoms with van der Waals surface area (Å²) in [6.07, 6.45) is 0.451. The molecule has 0 radical (unpaired) electrons. The number of carboxylic acid groups (broad SMARTS) is 1. The van der Waals surface area contributed by atoms with Crippen molar-refractivity contribution in [2.75, 3.05) is 7.11 Å². The monoisotopic (exact) mass is 257 g/mol. The Morgan fingerprint density at radius 2 is 2.24 bits per heavy atom. The highest BCUT2D eigenvalue weighted by molar-refractivity contribution is 6.30. The normalized spacial score (nSPS) is 14.1. The highest BCUT2D eigenvalue weighted by atomic mass is 35.5. The lowest BCUT2D eigenvalue weighted by Crippen LogP contribution is -2.28. The summed E-state index contributed by atoms with van der Waals surface area (Å²) in [5, 5.41) is 9.59. The van der Waals surface area contributed by atoms with Crippen LogP contribution < -0.4 is 10.5 Å². The fourth-order valence-corrected chi connectivity index (χ4v) is 1.95. The van der Waals surface area contributed by atoms with Crippen LogP contribution in [-0.4, -0.2) is 18.2 Å². The van der Waals surface area contributed by atoms with Crippen molar-refractivity contribution in [1.29, 1.82) is 0 Å². The summed E-state index contributed by atoms with van der Waals surface area (Å²) >= 11 is 5.89. The molecular formula is C12H16ClNO3. The lowest BCUT2D eigenvalue weighted by atomic mass is 9.91. The molecule has 3 N–H and O–H groups in total. The van der Waals surface area contributed by atoms with E-state index in [1.807, 2.05) is 0 Å². The number of methoxy groups -OCH3 is 1. The van der Waals surface area contributed by atoms with Gasteiger partial charge in [0.1, 0.15) is 5.75 Å². The van der Waals surface area contributed by atoms with Gasteiger partial charge in [-0.1, -0.05) is 18.5 Å². The van der Waals surface area contributed by atoms with Crippen LogP contribution in [-0.2, 0) is 4.79 Å². The first-order valence-corrected chi connectivity index (χ1v) is 5.70. The van der Waals surface area contributed by atoms with Crippen LogP contribution in [0.1, 0.15) is 24.9 Å². The number of ether oxygens (including phenoxy) is 1. The molecule has 0 aromatic heterocycles. The van der Waals surface area contributed by atoms with Crippen LogP contribution in [0.3, 0.4) is 0 Å². The Morgan fingerprint density at radius 3 is 2.71 bits per heavy atom. The van der Waals surface area contributed by atoms with Crippen molar-refractivity contribution in [2.24, 2.45) is 11.7 Å². The second kappa shape index (κ2) is 5.89. The van der Waals surface area contributed by atoms with E-state index in [0.717, 1.165) is 0 Å². The predicted octanol–water partition coefficient (Wildman–Crippen LogP) is 2.46. The van der Waals surface area contributed by atoms with Crippen molar-refractivity contribution in [3.63, 3.8) is 0 Å². The van der Waals surface area contributed by atoms with Crippen LogP contribution in [0.25, 0.3) is 0 Å². The van der Waals surface area contributed by atoms with Gasteiger partial charge in [-0.15, -0.1) is 0 Å². The molecule has 1 rings (SSSR count). The lowest BCUT2D eigenvalue weighted by molar-refractivity contribution is -0.142. The molecule has 17 heavy (non-hydrogen) atoms. The zero-order valence-corrected chi connectivity index (χ0v) is 10.6. The molecule has 0 aliphatic heterocycles. The van der Waals surface area contributed by atoms with Gasteiger partial charge in [-0.25, -0.2) is 0 Å². The van der Waals surface area contributed by atoms with Gasteiger partial charge >= 0.3 is 5.97 Å². The van der Waals surface area contributed by atoms with Crippen molar-refractivity contribution in [3.8, 4) is 5.75 Å². The van der Waals surface area contributed by atoms with E-state index in [-0.39, 0.29) is 0 Å². The third kappa shape index (κ3) is 3.11. The van der Waals surface area contributed by atoms with Crippen molar-refractivity contribution >= 4 is 17.6 Å². The van der Waals surface area contributed by atoms with E-state index >= 15 is 0 Å². The Hall–Kier alpha value is -1.26. The number of aliphatic carboxylic acids is 1. The molecule has 1 aromatic rings. The number of hydrogen-bond donors (Lipinski definition) is 2. The van der Waals surface area contributed by atoms with Crippen molar-refractivity contribution in [3.05, 3.63) is 28.8 Å². The Morgan fingerprint density at radius 1 is 1.59 bits per heavy atom. The topological polar surface area (TPSA) is 72.5 Å². The van der Waals surface area contributed by atoms with Gasteiger partial charge in [0.25, 0.3) is 0 Å². The van der Waals surface area contributed by atoms with Crippen molar-refractivity contribution in [1.82, 2.24) is 0 Å². The molecule has 0 bridgehead atoms. The Labute approximate surface area is 105 Å². The number of halogens is 1. The van der Waals surface area contributed by atoms with Crippen LogP contribution in [0.2, 0.25) is 5.02 Å². The van der Waals surface area contributed by atoms with Crippen LogP contribution >= 0.6 is 11.6 Å². The minimum absolute atomic E-state index is 0.451. The van der Waals surface area contributed by atoms with E-state index in [1.165, 1.54) is 7.11 Å². The fourth-order valence-electron chi connectivity index (χ4n) is 1.76. The molecule has 0 fully saturated rings. The number of carbonyl (C=O) groups is 1. The van der Waals surface area contributed by atoms with Gasteiger partial charge < -0.3 is 15.6 Å². The Kier molecular flexibility index (Phi) is 4.78. The molecule has 5 heteroatoms. The quantitative estimate of drug-likeness (QED) is 0.850. The van der Waals surface area contributed by atoms with Crippen LogP contribution in [0.5, 0.6) is 5.75 Å². The van der Waals surface area contributed by atoms with E-state index in [1.54, 1.807) is 25.1 Å². The molecule has 2 unspecified atom stereocenters. The highest BCUT2D eigenvalue weighted by Gasteiger charge is 2.27.